The van der Waals surface area contributed by atoms with Crippen molar-refractivity contribution in [3.8, 4) is 0 Å². The maximum Gasteiger partial charge on any atom is 0.254 e. The first-order valence-corrected chi connectivity index (χ1v) is 8.57. The van der Waals surface area contributed by atoms with Gasteiger partial charge in [-0.25, -0.2) is 0 Å². The number of carbonyl (C=O) groups excluding carboxylic acids is 1. The van der Waals surface area contributed by atoms with Gasteiger partial charge in [0.05, 0.1) is 5.56 Å². The van der Waals surface area contributed by atoms with Gasteiger partial charge in [0.25, 0.3) is 5.91 Å². The average Bonchev–Trinajstić information content (AvgIpc) is 2.62. The molecule has 1 saturated heterocycles. The zero-order valence-electron chi connectivity index (χ0n) is 14.5. The van der Waals surface area contributed by atoms with Gasteiger partial charge in [-0.2, -0.15) is 0 Å². The summed E-state index contributed by atoms with van der Waals surface area (Å²) < 4.78 is 0. The van der Waals surface area contributed by atoms with Gasteiger partial charge in [-0.1, -0.05) is 30.3 Å². The fourth-order valence-corrected chi connectivity index (χ4v) is 3.31. The van der Waals surface area contributed by atoms with Gasteiger partial charge in [0.2, 0.25) is 0 Å². The maximum absolute atomic E-state index is 12.0. The number of nitrogens with zero attached hydrogens (tertiary/aromatic N) is 3. The molecule has 4 heteroatoms. The third-order valence-corrected chi connectivity index (χ3v) is 4.61. The van der Waals surface area contributed by atoms with Gasteiger partial charge in [-0.05, 0) is 37.1 Å². The molecule has 0 aliphatic carbocycles. The van der Waals surface area contributed by atoms with Crippen LogP contribution in [0.5, 0.6) is 0 Å². The number of carbonyl (C=O) groups is 1. The van der Waals surface area contributed by atoms with Crippen LogP contribution in [-0.4, -0.2) is 47.9 Å². The Hall–Kier alpha value is -2.20. The molecule has 1 unspecified atom stereocenters. The highest BCUT2D eigenvalue weighted by Crippen LogP contribution is 2.26. The summed E-state index contributed by atoms with van der Waals surface area (Å²) in [6, 6.07) is 14.5. The molecule has 1 atom stereocenters. The Labute approximate surface area is 144 Å². The molecule has 1 aromatic heterocycles. The first-order valence-electron chi connectivity index (χ1n) is 8.57. The van der Waals surface area contributed by atoms with Crippen molar-refractivity contribution in [1.82, 2.24) is 14.8 Å². The van der Waals surface area contributed by atoms with E-state index in [9.17, 15) is 4.79 Å². The van der Waals surface area contributed by atoms with Crippen molar-refractivity contribution in [1.29, 1.82) is 0 Å². The predicted octanol–water partition coefficient (Wildman–Crippen LogP) is 3.16. The van der Waals surface area contributed by atoms with Gasteiger partial charge in [0.15, 0.2) is 0 Å². The van der Waals surface area contributed by atoms with Crippen LogP contribution in [0.25, 0.3) is 0 Å². The molecule has 2 aromatic rings. The van der Waals surface area contributed by atoms with Crippen molar-refractivity contribution in [2.24, 2.45) is 0 Å². The van der Waals surface area contributed by atoms with Crippen LogP contribution in [0.3, 0.4) is 0 Å². The fourth-order valence-electron chi connectivity index (χ4n) is 3.31. The quantitative estimate of drug-likeness (QED) is 0.867. The van der Waals surface area contributed by atoms with Crippen LogP contribution in [-0.2, 0) is 6.54 Å². The van der Waals surface area contributed by atoms with E-state index in [1.165, 1.54) is 18.4 Å². The normalized spacial score (nSPS) is 18.3. The highest BCUT2D eigenvalue weighted by molar-refractivity contribution is 5.93. The van der Waals surface area contributed by atoms with Crippen LogP contribution in [0.2, 0.25) is 0 Å². The van der Waals surface area contributed by atoms with E-state index in [0.29, 0.717) is 11.5 Å². The summed E-state index contributed by atoms with van der Waals surface area (Å²) in [5, 5.41) is 0. The molecule has 3 rings (SSSR count). The van der Waals surface area contributed by atoms with E-state index in [2.05, 4.69) is 40.2 Å². The summed E-state index contributed by atoms with van der Waals surface area (Å²) in [5.41, 5.74) is 3.11. The van der Waals surface area contributed by atoms with Crippen LogP contribution in [0.1, 0.15) is 40.4 Å². The van der Waals surface area contributed by atoms with Crippen molar-refractivity contribution in [3.63, 3.8) is 0 Å². The summed E-state index contributed by atoms with van der Waals surface area (Å²) in [7, 11) is 3.53. The number of aromatic nitrogens is 1. The third-order valence-electron chi connectivity index (χ3n) is 4.61. The summed E-state index contributed by atoms with van der Waals surface area (Å²) in [5.74, 6) is 0.453. The molecular weight excluding hydrogens is 298 g/mol. The van der Waals surface area contributed by atoms with E-state index in [1.54, 1.807) is 25.2 Å². The summed E-state index contributed by atoms with van der Waals surface area (Å²) in [6.45, 7) is 3.17. The van der Waals surface area contributed by atoms with Crippen LogP contribution >= 0.6 is 0 Å². The monoisotopic (exact) mass is 323 g/mol. The molecule has 126 valence electrons. The highest BCUT2D eigenvalue weighted by atomic mass is 16.2. The molecule has 24 heavy (non-hydrogen) atoms. The predicted molar refractivity (Wildman–Crippen MR) is 95.9 cm³/mol. The number of likely N-dealkylation sites (tertiary alicyclic amines) is 1. The van der Waals surface area contributed by atoms with Crippen molar-refractivity contribution in [2.75, 3.05) is 27.2 Å². The molecule has 1 amide bonds. The van der Waals surface area contributed by atoms with E-state index in [-0.39, 0.29) is 5.91 Å². The number of hydrogen-bond acceptors (Lipinski definition) is 3. The zero-order valence-corrected chi connectivity index (χ0v) is 14.5. The second kappa shape index (κ2) is 7.58. The molecule has 1 aliphatic heterocycles. The Bertz CT molecular complexity index is 667. The lowest BCUT2D eigenvalue weighted by molar-refractivity contribution is 0.0827. The van der Waals surface area contributed by atoms with E-state index < -0.39 is 0 Å². The number of benzene rings is 1. The first kappa shape index (κ1) is 16.7. The molecule has 0 radical (unpaired) electrons. The minimum absolute atomic E-state index is 0.00315. The van der Waals surface area contributed by atoms with Crippen molar-refractivity contribution in [3.05, 3.63) is 65.5 Å². The molecule has 1 aromatic carbocycles. The molecule has 1 fully saturated rings. The summed E-state index contributed by atoms with van der Waals surface area (Å²) in [4.78, 5) is 20.6. The lowest BCUT2D eigenvalue weighted by Gasteiger charge is -2.32. The molecule has 1 aliphatic rings. The van der Waals surface area contributed by atoms with E-state index >= 15 is 0 Å². The Morgan fingerprint density at radius 3 is 2.67 bits per heavy atom. The van der Waals surface area contributed by atoms with Crippen molar-refractivity contribution < 1.29 is 4.79 Å². The van der Waals surface area contributed by atoms with Crippen LogP contribution in [0.4, 0.5) is 0 Å². The molecule has 0 N–H and O–H groups in total. The Morgan fingerprint density at radius 1 is 1.21 bits per heavy atom. The number of pyridine rings is 1. The van der Waals surface area contributed by atoms with Gasteiger partial charge in [0.1, 0.15) is 0 Å². The third kappa shape index (κ3) is 4.01. The molecule has 0 spiro atoms. The lowest BCUT2D eigenvalue weighted by Crippen LogP contribution is -2.34. The SMILES string of the molecule is CN(C)C(=O)c1ccc(C2CCCN(Cc3ccccc3)C2)nc1. The molecule has 0 bridgehead atoms. The van der Waals surface area contributed by atoms with Gasteiger partial charge in [0, 0.05) is 45.0 Å². The van der Waals surface area contributed by atoms with Crippen molar-refractivity contribution >= 4 is 5.91 Å². The summed E-state index contributed by atoms with van der Waals surface area (Å²) in [6.07, 6.45) is 4.07. The topological polar surface area (TPSA) is 36.4 Å². The van der Waals surface area contributed by atoms with E-state index in [4.69, 9.17) is 0 Å². The second-order valence-electron chi connectivity index (χ2n) is 6.73. The molecule has 4 nitrogen and oxygen atoms in total. The van der Waals surface area contributed by atoms with E-state index in [1.807, 2.05) is 12.1 Å². The highest BCUT2D eigenvalue weighted by Gasteiger charge is 2.22. The minimum atomic E-state index is 0.00315. The van der Waals surface area contributed by atoms with Gasteiger partial charge in [-0.15, -0.1) is 0 Å². The van der Waals surface area contributed by atoms with Gasteiger partial charge < -0.3 is 4.90 Å². The number of amides is 1. The molecule has 0 saturated carbocycles. The van der Waals surface area contributed by atoms with Crippen molar-refractivity contribution in [2.45, 2.75) is 25.3 Å². The Morgan fingerprint density at radius 2 is 2.00 bits per heavy atom. The standard InChI is InChI=1S/C20H25N3O/c1-22(2)20(24)17-10-11-19(21-13-17)18-9-6-12-23(15-18)14-16-7-4-3-5-8-16/h3-5,7-8,10-11,13,18H,6,9,12,14-15H2,1-2H3. The van der Waals surface area contributed by atoms with Crippen LogP contribution < -0.4 is 0 Å². The lowest BCUT2D eigenvalue weighted by atomic mass is 9.93. The second-order valence-corrected chi connectivity index (χ2v) is 6.73. The number of rotatable bonds is 4. The molecule has 2 heterocycles. The largest absolute Gasteiger partial charge is 0.345 e. The van der Waals surface area contributed by atoms with E-state index in [0.717, 1.165) is 25.3 Å². The first-order chi connectivity index (χ1) is 11.6. The Balaban J connectivity index is 1.65. The van der Waals surface area contributed by atoms with Crippen LogP contribution in [0, 0.1) is 0 Å². The average molecular weight is 323 g/mol. The van der Waals surface area contributed by atoms with Gasteiger partial charge in [-0.3, -0.25) is 14.7 Å². The minimum Gasteiger partial charge on any atom is -0.345 e. The van der Waals surface area contributed by atoms with Crippen LogP contribution in [0.15, 0.2) is 48.7 Å². The maximum atomic E-state index is 12.0. The summed E-state index contributed by atoms with van der Waals surface area (Å²) >= 11 is 0. The van der Waals surface area contributed by atoms with Gasteiger partial charge >= 0.3 is 0 Å². The molecular formula is C20H25N3O. The number of piperidine rings is 1. The smallest absolute Gasteiger partial charge is 0.254 e. The number of hydrogen-bond donors (Lipinski definition) is 0. The fraction of sp³-hybridized carbons (Fsp3) is 0.400. The zero-order chi connectivity index (χ0) is 16.9. The Kier molecular flexibility index (Phi) is 5.26.